The van der Waals surface area contributed by atoms with E-state index in [0.717, 1.165) is 5.56 Å². The SMILES string of the molecule is Cc1ccc(S(=O)CCCNC(=O)C(F)(F)F)cc1. The van der Waals surface area contributed by atoms with Crippen LogP contribution in [0, 0.1) is 6.92 Å². The van der Waals surface area contributed by atoms with Crippen molar-refractivity contribution in [1.82, 2.24) is 5.32 Å². The number of carbonyl (C=O) groups is 1. The molecule has 0 fully saturated rings. The average Bonchev–Trinajstić information content (AvgIpc) is 2.33. The number of carbonyl (C=O) groups excluding carboxylic acids is 1. The van der Waals surface area contributed by atoms with Crippen molar-refractivity contribution in [3.8, 4) is 0 Å². The number of rotatable bonds is 5. The van der Waals surface area contributed by atoms with Gasteiger partial charge in [-0.05, 0) is 25.5 Å². The molecule has 0 radical (unpaired) electrons. The summed E-state index contributed by atoms with van der Waals surface area (Å²) >= 11 is 0. The minimum absolute atomic E-state index is 0.143. The molecule has 0 saturated heterocycles. The van der Waals surface area contributed by atoms with Gasteiger partial charge in [-0.25, -0.2) is 0 Å². The van der Waals surface area contributed by atoms with Crippen molar-refractivity contribution in [2.75, 3.05) is 12.3 Å². The van der Waals surface area contributed by atoms with Crippen LogP contribution in [-0.2, 0) is 15.6 Å². The van der Waals surface area contributed by atoms with E-state index in [1.54, 1.807) is 17.4 Å². The van der Waals surface area contributed by atoms with Crippen LogP contribution in [0.4, 0.5) is 13.2 Å². The van der Waals surface area contributed by atoms with Crippen LogP contribution >= 0.6 is 0 Å². The molecule has 0 aliphatic rings. The lowest BCUT2D eigenvalue weighted by atomic mass is 10.2. The van der Waals surface area contributed by atoms with E-state index in [0.29, 0.717) is 4.90 Å². The molecule has 0 aliphatic carbocycles. The molecule has 0 heterocycles. The number of alkyl halides is 3. The fourth-order valence-corrected chi connectivity index (χ4v) is 2.40. The molecule has 106 valence electrons. The number of nitrogens with one attached hydrogen (secondary N) is 1. The van der Waals surface area contributed by atoms with Crippen molar-refractivity contribution < 1.29 is 22.2 Å². The molecule has 0 aromatic heterocycles. The monoisotopic (exact) mass is 293 g/mol. The van der Waals surface area contributed by atoms with Gasteiger partial charge in [0.05, 0.1) is 10.8 Å². The van der Waals surface area contributed by atoms with Gasteiger partial charge in [0.15, 0.2) is 0 Å². The summed E-state index contributed by atoms with van der Waals surface area (Å²) in [5.41, 5.74) is 1.04. The minimum Gasteiger partial charge on any atom is -0.348 e. The van der Waals surface area contributed by atoms with Crippen molar-refractivity contribution >= 4 is 16.7 Å². The normalized spacial score (nSPS) is 13.1. The second-order valence-corrected chi connectivity index (χ2v) is 5.54. The Bertz CT molecular complexity index is 457. The van der Waals surface area contributed by atoms with Gasteiger partial charge in [-0.1, -0.05) is 17.7 Å². The van der Waals surface area contributed by atoms with Crippen LogP contribution < -0.4 is 5.32 Å². The lowest BCUT2D eigenvalue weighted by molar-refractivity contribution is -0.173. The highest BCUT2D eigenvalue weighted by molar-refractivity contribution is 7.85. The molecule has 0 saturated carbocycles. The smallest absolute Gasteiger partial charge is 0.348 e. The molecule has 1 aromatic rings. The van der Waals surface area contributed by atoms with Crippen molar-refractivity contribution in [1.29, 1.82) is 0 Å². The standard InChI is InChI=1S/C12H14F3NO2S/c1-9-3-5-10(6-4-9)19(18)8-2-7-16-11(17)12(13,14)15/h3-6H,2,7-8H2,1H3,(H,16,17). The van der Waals surface area contributed by atoms with Crippen LogP contribution in [0.2, 0.25) is 0 Å². The Morgan fingerprint density at radius 2 is 1.84 bits per heavy atom. The maximum Gasteiger partial charge on any atom is 0.471 e. The first-order valence-electron chi connectivity index (χ1n) is 5.61. The first kappa shape index (κ1) is 15.7. The molecular weight excluding hydrogens is 279 g/mol. The van der Waals surface area contributed by atoms with Gasteiger partial charge < -0.3 is 5.32 Å². The zero-order valence-electron chi connectivity index (χ0n) is 10.3. The van der Waals surface area contributed by atoms with Crippen molar-refractivity contribution in [3.05, 3.63) is 29.8 Å². The molecule has 1 atom stereocenters. The quantitative estimate of drug-likeness (QED) is 0.846. The lowest BCUT2D eigenvalue weighted by Gasteiger charge is -2.07. The second kappa shape index (κ2) is 6.70. The highest BCUT2D eigenvalue weighted by Crippen LogP contribution is 2.14. The number of aryl methyl sites for hydroxylation is 1. The number of amides is 1. The third kappa shape index (κ3) is 5.42. The summed E-state index contributed by atoms with van der Waals surface area (Å²) in [5.74, 6) is -1.75. The van der Waals surface area contributed by atoms with Crippen molar-refractivity contribution in [3.63, 3.8) is 0 Å². The van der Waals surface area contributed by atoms with Gasteiger partial charge in [0.1, 0.15) is 0 Å². The Morgan fingerprint density at radius 1 is 1.26 bits per heavy atom. The maximum absolute atomic E-state index is 11.9. The fraction of sp³-hybridized carbons (Fsp3) is 0.417. The third-order valence-corrected chi connectivity index (χ3v) is 3.79. The van der Waals surface area contributed by atoms with Crippen LogP contribution in [0.1, 0.15) is 12.0 Å². The van der Waals surface area contributed by atoms with Crippen LogP contribution in [0.15, 0.2) is 29.2 Å². The fourth-order valence-electron chi connectivity index (χ4n) is 1.31. The molecule has 1 rings (SSSR count). The molecule has 0 bridgehead atoms. The van der Waals surface area contributed by atoms with E-state index in [9.17, 15) is 22.2 Å². The summed E-state index contributed by atoms with van der Waals surface area (Å²) in [4.78, 5) is 11.1. The molecule has 3 nitrogen and oxygen atoms in total. The predicted octanol–water partition coefficient (Wildman–Crippen LogP) is 2.17. The van der Waals surface area contributed by atoms with E-state index < -0.39 is 22.9 Å². The first-order chi connectivity index (χ1) is 8.80. The molecule has 19 heavy (non-hydrogen) atoms. The molecular formula is C12H14F3NO2S. The minimum atomic E-state index is -4.86. The molecule has 1 amide bonds. The molecule has 1 aromatic carbocycles. The summed E-state index contributed by atoms with van der Waals surface area (Å²) in [5, 5.41) is 1.74. The van der Waals surface area contributed by atoms with E-state index in [-0.39, 0.29) is 18.7 Å². The summed E-state index contributed by atoms with van der Waals surface area (Å²) in [6.07, 6.45) is -4.64. The zero-order chi connectivity index (χ0) is 14.5. The Labute approximate surface area is 111 Å². The Kier molecular flexibility index (Phi) is 5.53. The van der Waals surface area contributed by atoms with Crippen LogP contribution in [0.25, 0.3) is 0 Å². The van der Waals surface area contributed by atoms with Gasteiger partial charge in [-0.15, -0.1) is 0 Å². The number of hydrogen-bond donors (Lipinski definition) is 1. The summed E-state index contributed by atoms with van der Waals surface area (Å²) in [7, 11) is -1.26. The van der Waals surface area contributed by atoms with Gasteiger partial charge in [-0.2, -0.15) is 13.2 Å². The Balaban J connectivity index is 2.32. The summed E-state index contributed by atoms with van der Waals surface area (Å²) < 4.78 is 47.4. The van der Waals surface area contributed by atoms with E-state index >= 15 is 0 Å². The predicted molar refractivity (Wildman–Crippen MR) is 66.1 cm³/mol. The Morgan fingerprint density at radius 3 is 2.37 bits per heavy atom. The van der Waals surface area contributed by atoms with Crippen LogP contribution in [0.3, 0.4) is 0 Å². The zero-order valence-corrected chi connectivity index (χ0v) is 11.1. The molecule has 7 heteroatoms. The number of hydrogen-bond acceptors (Lipinski definition) is 2. The van der Waals surface area contributed by atoms with Gasteiger partial charge in [0.2, 0.25) is 0 Å². The van der Waals surface area contributed by atoms with Crippen molar-refractivity contribution in [2.24, 2.45) is 0 Å². The molecule has 1 N–H and O–H groups in total. The number of benzene rings is 1. The summed E-state index contributed by atoms with van der Waals surface area (Å²) in [6.45, 7) is 1.76. The van der Waals surface area contributed by atoms with Crippen LogP contribution in [-0.4, -0.2) is 28.6 Å². The van der Waals surface area contributed by atoms with Gasteiger partial charge >= 0.3 is 12.1 Å². The highest BCUT2D eigenvalue weighted by atomic mass is 32.2. The van der Waals surface area contributed by atoms with Gasteiger partial charge in [0, 0.05) is 17.2 Å². The van der Waals surface area contributed by atoms with E-state index in [1.165, 1.54) is 0 Å². The summed E-state index contributed by atoms with van der Waals surface area (Å²) in [6, 6.07) is 7.08. The van der Waals surface area contributed by atoms with E-state index in [2.05, 4.69) is 0 Å². The largest absolute Gasteiger partial charge is 0.471 e. The lowest BCUT2D eigenvalue weighted by Crippen LogP contribution is -2.37. The van der Waals surface area contributed by atoms with E-state index in [1.807, 2.05) is 19.1 Å². The van der Waals surface area contributed by atoms with Crippen LogP contribution in [0.5, 0.6) is 0 Å². The van der Waals surface area contributed by atoms with Gasteiger partial charge in [0.25, 0.3) is 0 Å². The third-order valence-electron chi connectivity index (χ3n) is 2.33. The van der Waals surface area contributed by atoms with Gasteiger partial charge in [-0.3, -0.25) is 9.00 Å². The average molecular weight is 293 g/mol. The Hall–Kier alpha value is -1.37. The highest BCUT2D eigenvalue weighted by Gasteiger charge is 2.38. The first-order valence-corrected chi connectivity index (χ1v) is 6.92. The topological polar surface area (TPSA) is 46.2 Å². The molecule has 0 spiro atoms. The second-order valence-electron chi connectivity index (χ2n) is 3.97. The molecule has 1 unspecified atom stereocenters. The maximum atomic E-state index is 11.9. The number of halogens is 3. The van der Waals surface area contributed by atoms with Crippen molar-refractivity contribution in [2.45, 2.75) is 24.4 Å². The van der Waals surface area contributed by atoms with E-state index in [4.69, 9.17) is 0 Å². The molecule has 0 aliphatic heterocycles.